The number of aromatic hydroxyl groups is 1. The number of rotatable bonds is 6. The Hall–Kier alpha value is -3.89. The molecule has 0 aliphatic carbocycles. The van der Waals surface area contributed by atoms with Crippen LogP contribution in [0.5, 0.6) is 5.75 Å². The molecular weight excluding hydrogens is 518 g/mol. The maximum absolute atomic E-state index is 11.8. The molecule has 3 heterocycles. The van der Waals surface area contributed by atoms with Gasteiger partial charge in [-0.3, -0.25) is 9.71 Å². The average Bonchev–Trinajstić information content (AvgIpc) is 3.36. The number of nitrogens with zero attached hydrogens (tertiary/aromatic N) is 3. The Morgan fingerprint density at radius 3 is 2.42 bits per heavy atom. The van der Waals surface area contributed by atoms with Crippen LogP contribution in [0.4, 0.5) is 11.4 Å². The molecule has 2 aromatic heterocycles. The molecule has 2 aromatic carbocycles. The summed E-state index contributed by atoms with van der Waals surface area (Å²) < 4.78 is 28.2. The predicted molar refractivity (Wildman–Crippen MR) is 154 cm³/mol. The zero-order chi connectivity index (χ0) is 27.2. The molecule has 0 spiro atoms. The number of nitrogens with one attached hydrogen (secondary N) is 2. The molecule has 1 aliphatic heterocycles. The highest BCUT2D eigenvalue weighted by molar-refractivity contribution is 7.92. The van der Waals surface area contributed by atoms with Crippen molar-refractivity contribution in [1.29, 1.82) is 0 Å². The summed E-state index contributed by atoms with van der Waals surface area (Å²) in [6.07, 6.45) is 2.90. The molecule has 38 heavy (non-hydrogen) atoms. The molecule has 0 unspecified atom stereocenters. The molecule has 0 radical (unpaired) electrons. The molecule has 4 aromatic rings. The van der Waals surface area contributed by atoms with Crippen LogP contribution in [0.3, 0.4) is 0 Å². The maximum atomic E-state index is 11.8. The summed E-state index contributed by atoms with van der Waals surface area (Å²) >= 11 is 5.87. The SMILES string of the molecule is Cc1cc(N2C(=S)N[C@H](c3ccccn3)[C@@H]2c2cc(C)n(-c3ccccc3O)c2C)ccc1NS(C)(=O)=O. The van der Waals surface area contributed by atoms with E-state index in [1.165, 1.54) is 0 Å². The van der Waals surface area contributed by atoms with Gasteiger partial charge in [-0.1, -0.05) is 18.2 Å². The lowest BCUT2D eigenvalue weighted by Gasteiger charge is -2.29. The maximum Gasteiger partial charge on any atom is 0.229 e. The van der Waals surface area contributed by atoms with Gasteiger partial charge in [0.25, 0.3) is 0 Å². The second-order valence-electron chi connectivity index (χ2n) is 9.52. The summed E-state index contributed by atoms with van der Waals surface area (Å²) in [6.45, 7) is 5.91. The number of aryl methyl sites for hydroxylation is 2. The normalized spacial score (nSPS) is 17.5. The fourth-order valence-electron chi connectivity index (χ4n) is 5.17. The van der Waals surface area contributed by atoms with Crippen LogP contribution in [-0.4, -0.2) is 34.4 Å². The Bertz CT molecular complexity index is 1630. The van der Waals surface area contributed by atoms with Crippen LogP contribution in [0.2, 0.25) is 0 Å². The standard InChI is InChI=1S/C28H29N5O3S2/c1-17-15-20(12-13-22(17)31-38(4,35)36)33-27(26(30-28(33)37)23-9-7-8-14-29-23)21-16-18(2)32(19(21)3)24-10-5-6-11-25(24)34/h5-16,26-27,31,34H,1-4H3,(H,30,37)/t26-,27+/m1/s1. The first kappa shape index (κ1) is 25.7. The van der Waals surface area contributed by atoms with Gasteiger partial charge in [-0.05, 0) is 92.6 Å². The van der Waals surface area contributed by atoms with Crippen molar-refractivity contribution in [3.05, 3.63) is 101 Å². The van der Waals surface area contributed by atoms with E-state index in [-0.39, 0.29) is 17.8 Å². The van der Waals surface area contributed by atoms with Gasteiger partial charge in [-0.2, -0.15) is 0 Å². The summed E-state index contributed by atoms with van der Waals surface area (Å²) in [5.74, 6) is 0.198. The van der Waals surface area contributed by atoms with Gasteiger partial charge in [0, 0.05) is 23.3 Å². The topological polar surface area (TPSA) is 99.5 Å². The lowest BCUT2D eigenvalue weighted by atomic mass is 9.96. The number of phenols is 1. The third kappa shape index (κ3) is 4.72. The summed E-state index contributed by atoms with van der Waals surface area (Å²) in [4.78, 5) is 6.69. The van der Waals surface area contributed by atoms with Crippen molar-refractivity contribution in [2.75, 3.05) is 15.9 Å². The van der Waals surface area contributed by atoms with Crippen molar-refractivity contribution < 1.29 is 13.5 Å². The fourth-order valence-corrected chi connectivity index (χ4v) is 6.15. The molecule has 0 amide bonds. The lowest BCUT2D eigenvalue weighted by molar-refractivity contribution is 0.471. The summed E-state index contributed by atoms with van der Waals surface area (Å²) in [5, 5.41) is 14.6. The monoisotopic (exact) mass is 547 g/mol. The van der Waals surface area contributed by atoms with E-state index in [4.69, 9.17) is 12.2 Å². The zero-order valence-corrected chi connectivity index (χ0v) is 23.1. The van der Waals surface area contributed by atoms with Crippen LogP contribution in [0.1, 0.15) is 40.3 Å². The Morgan fingerprint density at radius 2 is 1.76 bits per heavy atom. The van der Waals surface area contributed by atoms with Crippen LogP contribution in [0.15, 0.2) is 72.9 Å². The Labute approximate surface area is 228 Å². The molecule has 2 atom stereocenters. The quantitative estimate of drug-likeness (QED) is 0.291. The van der Waals surface area contributed by atoms with Gasteiger partial charge in [0.2, 0.25) is 10.0 Å². The highest BCUT2D eigenvalue weighted by Crippen LogP contribution is 2.44. The number of sulfonamides is 1. The number of para-hydroxylation sites is 2. The number of pyridine rings is 1. The van der Waals surface area contributed by atoms with E-state index in [0.717, 1.165) is 40.2 Å². The molecule has 0 bridgehead atoms. The van der Waals surface area contributed by atoms with Crippen molar-refractivity contribution in [1.82, 2.24) is 14.9 Å². The Morgan fingerprint density at radius 1 is 1.03 bits per heavy atom. The third-order valence-electron chi connectivity index (χ3n) is 6.79. The van der Waals surface area contributed by atoms with Crippen LogP contribution >= 0.6 is 12.2 Å². The highest BCUT2D eigenvalue weighted by atomic mass is 32.2. The molecule has 3 N–H and O–H groups in total. The van der Waals surface area contributed by atoms with Gasteiger partial charge in [-0.25, -0.2) is 8.42 Å². The van der Waals surface area contributed by atoms with Gasteiger partial charge in [0.15, 0.2) is 5.11 Å². The van der Waals surface area contributed by atoms with Crippen LogP contribution in [-0.2, 0) is 10.0 Å². The Kier molecular flexibility index (Phi) is 6.62. The molecule has 1 fully saturated rings. The number of hydrogen-bond acceptors (Lipinski definition) is 5. The molecule has 10 heteroatoms. The van der Waals surface area contributed by atoms with Crippen molar-refractivity contribution >= 4 is 38.7 Å². The summed E-state index contributed by atoms with van der Waals surface area (Å²) in [5.41, 5.74) is 6.65. The number of anilines is 2. The van der Waals surface area contributed by atoms with E-state index < -0.39 is 10.0 Å². The van der Waals surface area contributed by atoms with Gasteiger partial charge in [0.05, 0.1) is 35.4 Å². The summed E-state index contributed by atoms with van der Waals surface area (Å²) in [6, 6.07) is 20.3. The molecule has 8 nitrogen and oxygen atoms in total. The first-order valence-electron chi connectivity index (χ1n) is 12.1. The molecule has 0 saturated carbocycles. The van der Waals surface area contributed by atoms with E-state index >= 15 is 0 Å². The van der Waals surface area contributed by atoms with E-state index in [9.17, 15) is 13.5 Å². The van der Waals surface area contributed by atoms with Crippen molar-refractivity contribution in [2.24, 2.45) is 0 Å². The lowest BCUT2D eigenvalue weighted by Crippen LogP contribution is -2.29. The molecular formula is C28H29N5O3S2. The molecule has 1 aliphatic rings. The van der Waals surface area contributed by atoms with Gasteiger partial charge in [0.1, 0.15) is 5.75 Å². The predicted octanol–water partition coefficient (Wildman–Crippen LogP) is 5.05. The highest BCUT2D eigenvalue weighted by Gasteiger charge is 2.42. The average molecular weight is 548 g/mol. The van der Waals surface area contributed by atoms with E-state index in [0.29, 0.717) is 16.5 Å². The van der Waals surface area contributed by atoms with Crippen LogP contribution in [0, 0.1) is 20.8 Å². The van der Waals surface area contributed by atoms with Crippen molar-refractivity contribution in [3.63, 3.8) is 0 Å². The van der Waals surface area contributed by atoms with Gasteiger partial charge >= 0.3 is 0 Å². The van der Waals surface area contributed by atoms with Gasteiger partial charge in [-0.15, -0.1) is 0 Å². The minimum atomic E-state index is -3.41. The largest absolute Gasteiger partial charge is 0.506 e. The number of hydrogen-bond donors (Lipinski definition) is 3. The number of aromatic nitrogens is 2. The second kappa shape index (κ2) is 9.77. The number of thiocarbonyl (C=S) groups is 1. The molecule has 1 saturated heterocycles. The molecule has 196 valence electrons. The van der Waals surface area contributed by atoms with E-state index in [1.807, 2.05) is 67.8 Å². The smallest absolute Gasteiger partial charge is 0.229 e. The van der Waals surface area contributed by atoms with Crippen LogP contribution in [0.25, 0.3) is 5.69 Å². The van der Waals surface area contributed by atoms with Crippen molar-refractivity contribution in [3.8, 4) is 11.4 Å². The molecule has 5 rings (SSSR count). The van der Waals surface area contributed by atoms with E-state index in [2.05, 4.69) is 26.0 Å². The third-order valence-corrected chi connectivity index (χ3v) is 7.70. The van der Waals surface area contributed by atoms with Gasteiger partial charge < -0.3 is 19.9 Å². The Balaban J connectivity index is 1.66. The van der Waals surface area contributed by atoms with Crippen molar-refractivity contribution in [2.45, 2.75) is 32.9 Å². The minimum Gasteiger partial charge on any atom is -0.506 e. The fraction of sp³-hybridized carbons (Fsp3) is 0.214. The first-order valence-corrected chi connectivity index (χ1v) is 14.4. The van der Waals surface area contributed by atoms with Crippen LogP contribution < -0.4 is 14.9 Å². The number of phenolic OH excluding ortho intramolecular Hbond substituents is 1. The zero-order valence-electron chi connectivity index (χ0n) is 21.5. The summed E-state index contributed by atoms with van der Waals surface area (Å²) in [7, 11) is -3.41. The number of benzene rings is 2. The second-order valence-corrected chi connectivity index (χ2v) is 11.7. The first-order chi connectivity index (χ1) is 18.0. The van der Waals surface area contributed by atoms with E-state index in [1.54, 1.807) is 24.4 Å². The minimum absolute atomic E-state index is 0.198.